The lowest BCUT2D eigenvalue weighted by atomic mass is 9.98. The minimum absolute atomic E-state index is 0.0661. The first-order valence-electron chi connectivity index (χ1n) is 10.2. The Kier molecular flexibility index (Phi) is 8.20. The number of morpholine rings is 1. The van der Waals surface area contributed by atoms with E-state index in [0.717, 1.165) is 0 Å². The van der Waals surface area contributed by atoms with Gasteiger partial charge in [-0.15, -0.1) is 0 Å². The number of benzene rings is 1. The van der Waals surface area contributed by atoms with Crippen LogP contribution in [0.15, 0.2) is 30.3 Å². The lowest BCUT2D eigenvalue weighted by Gasteiger charge is -2.36. The Hall–Kier alpha value is -2.41. The Morgan fingerprint density at radius 3 is 2.28 bits per heavy atom. The zero-order valence-corrected chi connectivity index (χ0v) is 17.9. The van der Waals surface area contributed by atoms with E-state index in [4.69, 9.17) is 9.47 Å². The highest BCUT2D eigenvalue weighted by atomic mass is 16.5. The molecule has 7 heteroatoms. The Labute approximate surface area is 172 Å². The highest BCUT2D eigenvalue weighted by Gasteiger charge is 2.34. The summed E-state index contributed by atoms with van der Waals surface area (Å²) in [5.74, 6) is -1.33. The van der Waals surface area contributed by atoms with Crippen molar-refractivity contribution in [2.75, 3.05) is 13.1 Å². The quantitative estimate of drug-likeness (QED) is 0.706. The third-order valence-corrected chi connectivity index (χ3v) is 5.16. The number of nitrogens with zero attached hydrogens (tertiary/aromatic N) is 1. The lowest BCUT2D eigenvalue weighted by molar-refractivity contribution is -0.166. The van der Waals surface area contributed by atoms with Gasteiger partial charge in [0, 0.05) is 18.7 Å². The van der Waals surface area contributed by atoms with Crippen molar-refractivity contribution >= 4 is 17.8 Å². The molecule has 0 bridgehead atoms. The number of carbonyl (C=O) groups excluding carboxylic acids is 3. The number of amides is 2. The van der Waals surface area contributed by atoms with E-state index >= 15 is 0 Å². The first-order chi connectivity index (χ1) is 13.7. The number of carbonyl (C=O) groups is 3. The molecule has 0 saturated carbocycles. The van der Waals surface area contributed by atoms with Gasteiger partial charge in [-0.05, 0) is 38.8 Å². The fraction of sp³-hybridized carbons (Fsp3) is 0.591. The normalized spacial score (nSPS) is 22.3. The number of ether oxygens (including phenoxy) is 2. The second kappa shape index (κ2) is 10.4. The van der Waals surface area contributed by atoms with Gasteiger partial charge in [0.25, 0.3) is 11.8 Å². The maximum Gasteiger partial charge on any atom is 0.329 e. The van der Waals surface area contributed by atoms with Crippen molar-refractivity contribution in [2.24, 2.45) is 5.92 Å². The summed E-state index contributed by atoms with van der Waals surface area (Å²) in [5.41, 5.74) is 0.467. The molecule has 1 fully saturated rings. The van der Waals surface area contributed by atoms with E-state index in [1.165, 1.54) is 0 Å². The molecule has 1 aliphatic heterocycles. The van der Waals surface area contributed by atoms with Gasteiger partial charge < -0.3 is 19.7 Å². The van der Waals surface area contributed by atoms with Gasteiger partial charge in [0.2, 0.25) is 0 Å². The molecule has 2 amide bonds. The SMILES string of the molecule is CC[C@H](C)[C@H](NC(=O)c1ccccc1)C(=O)O[C@H](C)C(=O)N1C[C@@H](C)O[C@@H](C)C1. The van der Waals surface area contributed by atoms with Crippen LogP contribution in [0.2, 0.25) is 0 Å². The maximum absolute atomic E-state index is 12.8. The van der Waals surface area contributed by atoms with E-state index in [-0.39, 0.29) is 29.9 Å². The summed E-state index contributed by atoms with van der Waals surface area (Å²) >= 11 is 0. The molecule has 1 saturated heterocycles. The van der Waals surface area contributed by atoms with Gasteiger partial charge in [-0.2, -0.15) is 0 Å². The number of nitrogens with one attached hydrogen (secondary N) is 1. The summed E-state index contributed by atoms with van der Waals surface area (Å²) in [4.78, 5) is 39.7. The molecule has 7 nitrogen and oxygen atoms in total. The van der Waals surface area contributed by atoms with Gasteiger partial charge in [-0.3, -0.25) is 9.59 Å². The molecule has 1 aliphatic rings. The van der Waals surface area contributed by atoms with Crippen molar-refractivity contribution in [1.82, 2.24) is 10.2 Å². The zero-order chi connectivity index (χ0) is 21.6. The molecule has 5 atom stereocenters. The first-order valence-corrected chi connectivity index (χ1v) is 10.2. The minimum Gasteiger partial charge on any atom is -0.451 e. The van der Waals surface area contributed by atoms with E-state index in [9.17, 15) is 14.4 Å². The molecule has 1 N–H and O–H groups in total. The van der Waals surface area contributed by atoms with Crippen molar-refractivity contribution in [2.45, 2.75) is 65.4 Å². The topological polar surface area (TPSA) is 84.9 Å². The first kappa shape index (κ1) is 22.9. The second-order valence-corrected chi connectivity index (χ2v) is 7.78. The molecule has 0 radical (unpaired) electrons. The van der Waals surface area contributed by atoms with E-state index in [0.29, 0.717) is 25.1 Å². The van der Waals surface area contributed by atoms with E-state index in [1.807, 2.05) is 33.8 Å². The summed E-state index contributed by atoms with van der Waals surface area (Å²) < 4.78 is 11.1. The highest BCUT2D eigenvalue weighted by molar-refractivity contribution is 5.97. The summed E-state index contributed by atoms with van der Waals surface area (Å²) in [6.07, 6.45) is -0.386. The highest BCUT2D eigenvalue weighted by Crippen LogP contribution is 2.15. The maximum atomic E-state index is 12.8. The third kappa shape index (κ3) is 6.29. The molecular weight excluding hydrogens is 372 g/mol. The standard InChI is InChI=1S/C22H32N2O5/c1-6-14(2)19(23-20(25)18-10-8-7-9-11-18)22(27)29-17(5)21(26)24-12-15(3)28-16(4)13-24/h7-11,14-17,19H,6,12-13H2,1-5H3,(H,23,25)/t14-,15-,16+,17+,19-/m0/s1. The van der Waals surface area contributed by atoms with Gasteiger partial charge >= 0.3 is 5.97 Å². The fourth-order valence-corrected chi connectivity index (χ4v) is 3.40. The summed E-state index contributed by atoms with van der Waals surface area (Å²) in [6, 6.07) is 7.87. The second-order valence-electron chi connectivity index (χ2n) is 7.78. The number of hydrogen-bond donors (Lipinski definition) is 1. The van der Waals surface area contributed by atoms with Gasteiger partial charge in [0.15, 0.2) is 6.10 Å². The predicted octanol–water partition coefficient (Wildman–Crippen LogP) is 2.40. The van der Waals surface area contributed by atoms with Crippen LogP contribution < -0.4 is 5.32 Å². The number of rotatable bonds is 7. The molecule has 2 rings (SSSR count). The van der Waals surface area contributed by atoms with Crippen LogP contribution in [0.5, 0.6) is 0 Å². The van der Waals surface area contributed by atoms with Crippen molar-refractivity contribution in [3.8, 4) is 0 Å². The summed E-state index contributed by atoms with van der Waals surface area (Å²) in [5, 5.41) is 2.76. The molecule has 160 valence electrons. The zero-order valence-electron chi connectivity index (χ0n) is 17.9. The van der Waals surface area contributed by atoms with Gasteiger partial charge in [-0.1, -0.05) is 38.5 Å². The van der Waals surface area contributed by atoms with Crippen molar-refractivity contribution < 1.29 is 23.9 Å². The third-order valence-electron chi connectivity index (χ3n) is 5.16. The van der Waals surface area contributed by atoms with Crippen molar-refractivity contribution in [1.29, 1.82) is 0 Å². The van der Waals surface area contributed by atoms with E-state index in [2.05, 4.69) is 5.32 Å². The fourth-order valence-electron chi connectivity index (χ4n) is 3.40. The molecule has 29 heavy (non-hydrogen) atoms. The van der Waals surface area contributed by atoms with Crippen molar-refractivity contribution in [3.63, 3.8) is 0 Å². The lowest BCUT2D eigenvalue weighted by Crippen LogP contribution is -2.53. The van der Waals surface area contributed by atoms with Crippen molar-refractivity contribution in [3.05, 3.63) is 35.9 Å². The Balaban J connectivity index is 2.03. The molecular formula is C22H32N2O5. The minimum atomic E-state index is -0.930. The van der Waals surface area contributed by atoms with E-state index < -0.39 is 18.1 Å². The number of hydrogen-bond acceptors (Lipinski definition) is 5. The van der Waals surface area contributed by atoms with Gasteiger partial charge in [0.1, 0.15) is 6.04 Å². The van der Waals surface area contributed by atoms with Crippen LogP contribution in [0.25, 0.3) is 0 Å². The van der Waals surface area contributed by atoms with Crippen LogP contribution in [-0.4, -0.2) is 60.1 Å². The predicted molar refractivity (Wildman–Crippen MR) is 109 cm³/mol. The average molecular weight is 405 g/mol. The van der Waals surface area contributed by atoms with Crippen LogP contribution in [0.4, 0.5) is 0 Å². The monoisotopic (exact) mass is 404 g/mol. The van der Waals surface area contributed by atoms with Crippen LogP contribution in [-0.2, 0) is 19.1 Å². The van der Waals surface area contributed by atoms with Gasteiger partial charge in [-0.25, -0.2) is 4.79 Å². The molecule has 0 unspecified atom stereocenters. The molecule has 1 aromatic rings. The largest absolute Gasteiger partial charge is 0.451 e. The molecule has 0 aromatic heterocycles. The molecule has 0 spiro atoms. The molecule has 1 heterocycles. The number of esters is 1. The van der Waals surface area contributed by atoms with Gasteiger partial charge in [0.05, 0.1) is 12.2 Å². The molecule has 1 aromatic carbocycles. The Morgan fingerprint density at radius 1 is 1.14 bits per heavy atom. The summed E-state index contributed by atoms with van der Waals surface area (Å²) in [7, 11) is 0. The van der Waals surface area contributed by atoms with Crippen LogP contribution in [0.3, 0.4) is 0 Å². The van der Waals surface area contributed by atoms with Crippen LogP contribution >= 0.6 is 0 Å². The Bertz CT molecular complexity index is 698. The smallest absolute Gasteiger partial charge is 0.329 e. The van der Waals surface area contributed by atoms with Crippen LogP contribution in [0, 0.1) is 5.92 Å². The average Bonchev–Trinajstić information content (AvgIpc) is 2.70. The molecule has 0 aliphatic carbocycles. The summed E-state index contributed by atoms with van der Waals surface area (Å²) in [6.45, 7) is 10.1. The van der Waals surface area contributed by atoms with Crippen LogP contribution in [0.1, 0.15) is 51.4 Å². The Morgan fingerprint density at radius 2 is 1.72 bits per heavy atom. The van der Waals surface area contributed by atoms with E-state index in [1.54, 1.807) is 36.1 Å².